The summed E-state index contributed by atoms with van der Waals surface area (Å²) in [6.45, 7) is 3.19. The van der Waals surface area contributed by atoms with Crippen molar-refractivity contribution in [1.82, 2.24) is 10.4 Å². The zero-order chi connectivity index (χ0) is 20.4. The molecule has 0 aliphatic carbocycles. The Morgan fingerprint density at radius 1 is 1.07 bits per heavy atom. The molecule has 0 bridgehead atoms. The van der Waals surface area contributed by atoms with Gasteiger partial charge in [0.25, 0.3) is 5.91 Å². The number of ether oxygens (including phenoxy) is 2. The summed E-state index contributed by atoms with van der Waals surface area (Å²) in [6, 6.07) is 13.4. The second-order valence-corrected chi connectivity index (χ2v) is 7.34. The Hall–Kier alpha value is -3.06. The minimum absolute atomic E-state index is 0.0329. The number of benzene rings is 2. The third kappa shape index (κ3) is 3.78. The van der Waals surface area contributed by atoms with Gasteiger partial charge in [0, 0.05) is 37.1 Å². The lowest BCUT2D eigenvalue weighted by atomic mass is 10.00. The molecule has 0 atom stereocenters. The number of amidine groups is 1. The molecule has 7 heteroatoms. The molecule has 152 valence electrons. The average molecular weight is 395 g/mol. The highest BCUT2D eigenvalue weighted by atomic mass is 16.7. The molecule has 2 aromatic rings. The van der Waals surface area contributed by atoms with E-state index in [1.54, 1.807) is 32.4 Å². The highest BCUT2D eigenvalue weighted by molar-refractivity contribution is 5.99. The summed E-state index contributed by atoms with van der Waals surface area (Å²) >= 11 is 0. The predicted molar refractivity (Wildman–Crippen MR) is 109 cm³/mol. The Balaban J connectivity index is 1.44. The molecule has 1 spiro atoms. The zero-order valence-corrected chi connectivity index (χ0v) is 16.9. The highest BCUT2D eigenvalue weighted by Crippen LogP contribution is 2.33. The fourth-order valence-corrected chi connectivity index (χ4v) is 3.65. The van der Waals surface area contributed by atoms with Gasteiger partial charge in [0.2, 0.25) is 0 Å². The molecule has 0 aromatic heterocycles. The van der Waals surface area contributed by atoms with Gasteiger partial charge in [-0.25, -0.2) is 15.3 Å². The van der Waals surface area contributed by atoms with Gasteiger partial charge < -0.3 is 14.4 Å². The number of hydrogen-bond donors (Lipinski definition) is 1. The Kier molecular flexibility index (Phi) is 5.15. The molecule has 29 heavy (non-hydrogen) atoms. The number of carbonyl (C=O) groups excluding carboxylic acids is 1. The number of methoxy groups -OCH3 is 2. The molecule has 0 radical (unpaired) electrons. The Morgan fingerprint density at radius 2 is 1.76 bits per heavy atom. The molecule has 1 fully saturated rings. The van der Waals surface area contributed by atoms with E-state index in [9.17, 15) is 4.79 Å². The number of nitrogens with one attached hydrogen (secondary N) is 1. The van der Waals surface area contributed by atoms with Crippen LogP contribution in [0.3, 0.4) is 0 Å². The number of amides is 1. The summed E-state index contributed by atoms with van der Waals surface area (Å²) in [7, 11) is 3.13. The van der Waals surface area contributed by atoms with Crippen LogP contribution in [-0.2, 0) is 4.84 Å². The van der Waals surface area contributed by atoms with E-state index in [0.29, 0.717) is 43.0 Å². The first-order valence-corrected chi connectivity index (χ1v) is 9.66. The van der Waals surface area contributed by atoms with Crippen molar-refractivity contribution in [2.75, 3.05) is 27.3 Å². The first-order valence-electron chi connectivity index (χ1n) is 9.66. The molecule has 7 nitrogen and oxygen atoms in total. The van der Waals surface area contributed by atoms with Gasteiger partial charge in [-0.2, -0.15) is 0 Å². The van der Waals surface area contributed by atoms with Crippen LogP contribution >= 0.6 is 0 Å². The monoisotopic (exact) mass is 395 g/mol. The second kappa shape index (κ2) is 7.75. The summed E-state index contributed by atoms with van der Waals surface area (Å²) < 4.78 is 10.6. The van der Waals surface area contributed by atoms with E-state index in [4.69, 9.17) is 19.3 Å². The van der Waals surface area contributed by atoms with Crippen molar-refractivity contribution in [2.24, 2.45) is 4.99 Å². The number of likely N-dealkylation sites (tertiary alicyclic amines) is 1. The van der Waals surface area contributed by atoms with Gasteiger partial charge in [-0.15, -0.1) is 0 Å². The lowest BCUT2D eigenvalue weighted by Gasteiger charge is -2.35. The number of carbonyl (C=O) groups is 1. The van der Waals surface area contributed by atoms with Crippen LogP contribution in [0.25, 0.3) is 0 Å². The minimum Gasteiger partial charge on any atom is -0.493 e. The van der Waals surface area contributed by atoms with Crippen molar-refractivity contribution in [2.45, 2.75) is 25.5 Å². The van der Waals surface area contributed by atoms with Crippen LogP contribution in [0.2, 0.25) is 0 Å². The molecule has 2 aliphatic heterocycles. The first-order chi connectivity index (χ1) is 14.0. The number of hydrogen-bond acceptors (Lipinski definition) is 6. The lowest BCUT2D eigenvalue weighted by Crippen LogP contribution is -2.46. The Bertz CT molecular complexity index is 932. The van der Waals surface area contributed by atoms with Crippen molar-refractivity contribution < 1.29 is 19.1 Å². The molecule has 1 N–H and O–H groups in total. The normalized spacial score (nSPS) is 17.6. The zero-order valence-electron chi connectivity index (χ0n) is 16.9. The van der Waals surface area contributed by atoms with Gasteiger partial charge >= 0.3 is 0 Å². The molecule has 1 amide bonds. The van der Waals surface area contributed by atoms with Gasteiger partial charge in [0.15, 0.2) is 23.1 Å². The van der Waals surface area contributed by atoms with Crippen molar-refractivity contribution in [1.29, 1.82) is 0 Å². The molecular formula is C22H25N3O4. The van der Waals surface area contributed by atoms with E-state index >= 15 is 0 Å². The van der Waals surface area contributed by atoms with Crippen LogP contribution in [0.15, 0.2) is 47.5 Å². The van der Waals surface area contributed by atoms with Gasteiger partial charge in [0.1, 0.15) is 0 Å². The summed E-state index contributed by atoms with van der Waals surface area (Å²) in [5.41, 5.74) is 5.13. The van der Waals surface area contributed by atoms with E-state index in [2.05, 4.69) is 24.5 Å². The molecule has 2 aromatic carbocycles. The van der Waals surface area contributed by atoms with E-state index in [0.717, 1.165) is 11.4 Å². The number of piperidine rings is 1. The third-order valence-electron chi connectivity index (χ3n) is 5.44. The quantitative estimate of drug-likeness (QED) is 0.862. The van der Waals surface area contributed by atoms with Crippen molar-refractivity contribution in [3.8, 4) is 11.5 Å². The van der Waals surface area contributed by atoms with Crippen molar-refractivity contribution in [3.63, 3.8) is 0 Å². The predicted octanol–water partition coefficient (Wildman–Crippen LogP) is 2.93. The standard InChI is InChI=1S/C22H25N3O4/c1-15-4-6-16(7-5-15)20-23-22(29-24-20)10-12-25(13-11-22)21(26)17-8-9-18(27-2)19(14-17)28-3/h4-9,14H,10-13H2,1-3H3,(H,23,24). The molecule has 2 heterocycles. The van der Waals surface area contributed by atoms with Crippen LogP contribution < -0.4 is 15.0 Å². The molecule has 2 aliphatic rings. The van der Waals surface area contributed by atoms with E-state index < -0.39 is 5.72 Å². The fraction of sp³-hybridized carbons (Fsp3) is 0.364. The summed E-state index contributed by atoms with van der Waals surface area (Å²) in [4.78, 5) is 25.4. The average Bonchev–Trinajstić information content (AvgIpc) is 3.17. The maximum absolute atomic E-state index is 12.9. The first kappa shape index (κ1) is 19.3. The van der Waals surface area contributed by atoms with Crippen LogP contribution in [0.1, 0.15) is 34.3 Å². The molecule has 0 unspecified atom stereocenters. The molecule has 1 saturated heterocycles. The van der Waals surface area contributed by atoms with Crippen LogP contribution in [-0.4, -0.2) is 49.7 Å². The summed E-state index contributed by atoms with van der Waals surface area (Å²) in [5.74, 6) is 1.85. The SMILES string of the molecule is COc1ccc(C(=O)N2CCC3(CC2)N=C(c2ccc(C)cc2)NO3)cc1OC. The minimum atomic E-state index is -0.616. The lowest BCUT2D eigenvalue weighted by molar-refractivity contribution is -0.0849. The second-order valence-electron chi connectivity index (χ2n) is 7.34. The van der Waals surface area contributed by atoms with Crippen molar-refractivity contribution >= 4 is 11.7 Å². The van der Waals surface area contributed by atoms with Gasteiger partial charge in [-0.3, -0.25) is 4.79 Å². The molecule has 4 rings (SSSR count). The molecule has 0 saturated carbocycles. The number of nitrogens with zero attached hydrogens (tertiary/aromatic N) is 2. The maximum atomic E-state index is 12.9. The van der Waals surface area contributed by atoms with Crippen LogP contribution in [0.4, 0.5) is 0 Å². The molecular weight excluding hydrogens is 370 g/mol. The largest absolute Gasteiger partial charge is 0.493 e. The van der Waals surface area contributed by atoms with Gasteiger partial charge in [-0.1, -0.05) is 29.8 Å². The topological polar surface area (TPSA) is 72.4 Å². The number of aliphatic imine (C=N–C) groups is 1. The number of aryl methyl sites for hydroxylation is 1. The van der Waals surface area contributed by atoms with Crippen LogP contribution in [0, 0.1) is 6.92 Å². The van der Waals surface area contributed by atoms with Gasteiger partial charge in [-0.05, 0) is 25.1 Å². The summed E-state index contributed by atoms with van der Waals surface area (Å²) in [6.07, 6.45) is 1.27. The van der Waals surface area contributed by atoms with Crippen molar-refractivity contribution in [3.05, 3.63) is 59.2 Å². The fourth-order valence-electron chi connectivity index (χ4n) is 3.65. The van der Waals surface area contributed by atoms with E-state index in [1.807, 2.05) is 17.0 Å². The van der Waals surface area contributed by atoms with Gasteiger partial charge in [0.05, 0.1) is 14.2 Å². The third-order valence-corrected chi connectivity index (χ3v) is 5.44. The number of rotatable bonds is 4. The Labute approximate surface area is 170 Å². The smallest absolute Gasteiger partial charge is 0.253 e. The van der Waals surface area contributed by atoms with Crippen LogP contribution in [0.5, 0.6) is 11.5 Å². The Morgan fingerprint density at radius 3 is 2.41 bits per heavy atom. The van der Waals surface area contributed by atoms with E-state index in [1.165, 1.54) is 5.56 Å². The maximum Gasteiger partial charge on any atom is 0.253 e. The van der Waals surface area contributed by atoms with E-state index in [-0.39, 0.29) is 5.91 Å². The summed E-state index contributed by atoms with van der Waals surface area (Å²) in [5, 5.41) is 0. The highest BCUT2D eigenvalue weighted by Gasteiger charge is 2.41. The number of hydroxylamine groups is 1.